The highest BCUT2D eigenvalue weighted by Crippen LogP contribution is 2.25. The molecule has 0 aliphatic heterocycles. The first kappa shape index (κ1) is 12.9. The fourth-order valence-electron chi connectivity index (χ4n) is 1.00. The minimum Gasteiger partial charge on any atom is -0.315 e. The average Bonchev–Trinajstić information content (AvgIpc) is 2.23. The zero-order valence-corrected chi connectivity index (χ0v) is 10.3. The van der Waals surface area contributed by atoms with Gasteiger partial charge in [-0.15, -0.1) is 0 Å². The zero-order valence-electron chi connectivity index (χ0n) is 8.76. The minimum atomic E-state index is -0.339. The molecule has 16 heavy (non-hydrogen) atoms. The Bertz CT molecular complexity index is 405. The van der Waals surface area contributed by atoms with Crippen molar-refractivity contribution in [1.82, 2.24) is 5.32 Å². The van der Waals surface area contributed by atoms with Crippen LogP contribution >= 0.6 is 23.2 Å². The monoisotopic (exact) mass is 258 g/mol. The van der Waals surface area contributed by atoms with E-state index in [4.69, 9.17) is 23.2 Å². The summed E-state index contributed by atoms with van der Waals surface area (Å²) >= 11 is 11.6. The Morgan fingerprint density at radius 1 is 1.44 bits per heavy atom. The largest absolute Gasteiger partial charge is 0.323 e. The molecule has 0 heterocycles. The van der Waals surface area contributed by atoms with Crippen molar-refractivity contribution in [3.8, 4) is 0 Å². The Morgan fingerprint density at radius 3 is 2.81 bits per heavy atom. The second-order valence-electron chi connectivity index (χ2n) is 3.03. The number of carbonyl (C=O) groups excluding carboxylic acids is 1. The Balaban J connectivity index is 2.59. The molecule has 86 valence electrons. The summed E-state index contributed by atoms with van der Waals surface area (Å²) in [6.07, 6.45) is 4.28. The predicted molar refractivity (Wildman–Crippen MR) is 68.0 cm³/mol. The molecule has 0 aromatic heterocycles. The summed E-state index contributed by atoms with van der Waals surface area (Å²) in [6.45, 7) is 1.98. The van der Waals surface area contributed by atoms with Crippen molar-refractivity contribution in [1.29, 1.82) is 0 Å². The Kier molecular flexibility index (Phi) is 5.15. The van der Waals surface area contributed by atoms with E-state index in [1.54, 1.807) is 24.4 Å². The van der Waals surface area contributed by atoms with Crippen molar-refractivity contribution in [3.05, 3.63) is 40.5 Å². The zero-order chi connectivity index (χ0) is 12.0. The first-order valence-corrected chi connectivity index (χ1v) is 5.56. The van der Waals surface area contributed by atoms with Crippen LogP contribution in [0.1, 0.15) is 13.3 Å². The van der Waals surface area contributed by atoms with Gasteiger partial charge < -0.3 is 10.6 Å². The third kappa shape index (κ3) is 4.13. The van der Waals surface area contributed by atoms with Crippen LogP contribution in [0.2, 0.25) is 10.0 Å². The number of rotatable bonds is 3. The lowest BCUT2D eigenvalue weighted by Crippen LogP contribution is -2.23. The summed E-state index contributed by atoms with van der Waals surface area (Å²) in [5.74, 6) is 0. The number of amides is 2. The highest BCUT2D eigenvalue weighted by molar-refractivity contribution is 6.36. The van der Waals surface area contributed by atoms with Gasteiger partial charge in [-0.3, -0.25) is 0 Å². The van der Waals surface area contributed by atoms with Crippen LogP contribution in [-0.4, -0.2) is 6.03 Å². The van der Waals surface area contributed by atoms with Crippen molar-refractivity contribution in [2.45, 2.75) is 13.3 Å². The van der Waals surface area contributed by atoms with E-state index in [-0.39, 0.29) is 6.03 Å². The van der Waals surface area contributed by atoms with E-state index in [9.17, 15) is 4.79 Å². The van der Waals surface area contributed by atoms with Gasteiger partial charge in [-0.1, -0.05) is 36.2 Å². The molecule has 0 saturated carbocycles. The molecule has 0 atom stereocenters. The highest BCUT2D eigenvalue weighted by Gasteiger charge is 2.04. The number of hydrogen-bond donors (Lipinski definition) is 2. The van der Waals surface area contributed by atoms with Gasteiger partial charge in [-0.2, -0.15) is 0 Å². The van der Waals surface area contributed by atoms with Crippen LogP contribution in [0.4, 0.5) is 10.5 Å². The lowest BCUT2D eigenvalue weighted by molar-refractivity contribution is 0.255. The lowest BCUT2D eigenvalue weighted by Gasteiger charge is -2.06. The molecular formula is C11H12Cl2N2O. The lowest BCUT2D eigenvalue weighted by atomic mass is 10.3. The molecule has 3 nitrogen and oxygen atoms in total. The normalized spacial score (nSPS) is 10.4. The van der Waals surface area contributed by atoms with Gasteiger partial charge in [-0.25, -0.2) is 4.79 Å². The number of nitrogens with one attached hydrogen (secondary N) is 2. The van der Waals surface area contributed by atoms with Crippen molar-refractivity contribution >= 4 is 34.9 Å². The maximum atomic E-state index is 11.4. The standard InChI is InChI=1S/C11H12Cl2N2O/c1-2-3-6-14-11(16)15-10-5-4-8(12)7-9(10)13/h3-7H,2H2,1H3,(H2,14,15,16)/b6-3+. The number of benzene rings is 1. The maximum absolute atomic E-state index is 11.4. The summed E-state index contributed by atoms with van der Waals surface area (Å²) in [7, 11) is 0. The third-order valence-electron chi connectivity index (χ3n) is 1.75. The van der Waals surface area contributed by atoms with Crippen molar-refractivity contribution in [3.63, 3.8) is 0 Å². The van der Waals surface area contributed by atoms with E-state index < -0.39 is 0 Å². The van der Waals surface area contributed by atoms with Gasteiger partial charge in [0.15, 0.2) is 0 Å². The topological polar surface area (TPSA) is 41.1 Å². The molecule has 0 unspecified atom stereocenters. The molecule has 0 saturated heterocycles. The van der Waals surface area contributed by atoms with Gasteiger partial charge in [0.25, 0.3) is 0 Å². The molecule has 0 aliphatic rings. The SMILES string of the molecule is CC/C=C/NC(=O)Nc1ccc(Cl)cc1Cl. The molecular weight excluding hydrogens is 247 g/mol. The Labute approximate surface area is 104 Å². The van der Waals surface area contributed by atoms with Crippen LogP contribution in [0.5, 0.6) is 0 Å². The number of carbonyl (C=O) groups is 1. The van der Waals surface area contributed by atoms with Crippen LogP contribution in [-0.2, 0) is 0 Å². The predicted octanol–water partition coefficient (Wildman–Crippen LogP) is 4.04. The van der Waals surface area contributed by atoms with E-state index in [2.05, 4.69) is 10.6 Å². The van der Waals surface area contributed by atoms with Crippen LogP contribution in [0.25, 0.3) is 0 Å². The highest BCUT2D eigenvalue weighted by atomic mass is 35.5. The van der Waals surface area contributed by atoms with Crippen molar-refractivity contribution in [2.24, 2.45) is 0 Å². The van der Waals surface area contributed by atoms with Crippen molar-refractivity contribution in [2.75, 3.05) is 5.32 Å². The van der Waals surface area contributed by atoms with E-state index in [1.165, 1.54) is 0 Å². The van der Waals surface area contributed by atoms with Crippen LogP contribution in [0.15, 0.2) is 30.5 Å². The maximum Gasteiger partial charge on any atom is 0.323 e. The number of anilines is 1. The Hall–Kier alpha value is -1.19. The summed E-state index contributed by atoms with van der Waals surface area (Å²) in [4.78, 5) is 11.4. The van der Waals surface area contributed by atoms with E-state index in [0.717, 1.165) is 6.42 Å². The molecule has 0 spiro atoms. The second-order valence-corrected chi connectivity index (χ2v) is 3.88. The molecule has 1 aromatic carbocycles. The second kappa shape index (κ2) is 6.40. The summed E-state index contributed by atoms with van der Waals surface area (Å²) in [6, 6.07) is 4.54. The van der Waals surface area contributed by atoms with Crippen LogP contribution in [0.3, 0.4) is 0 Å². The molecule has 1 aromatic rings. The molecule has 1 rings (SSSR count). The summed E-state index contributed by atoms with van der Waals surface area (Å²) in [5.41, 5.74) is 0.522. The van der Waals surface area contributed by atoms with E-state index in [0.29, 0.717) is 15.7 Å². The van der Waals surface area contributed by atoms with Crippen LogP contribution in [0, 0.1) is 0 Å². The van der Waals surface area contributed by atoms with E-state index >= 15 is 0 Å². The third-order valence-corrected chi connectivity index (χ3v) is 2.30. The Morgan fingerprint density at radius 2 is 2.19 bits per heavy atom. The van der Waals surface area contributed by atoms with Crippen molar-refractivity contribution < 1.29 is 4.79 Å². The van der Waals surface area contributed by atoms with Gasteiger partial charge in [-0.05, 0) is 24.6 Å². The minimum absolute atomic E-state index is 0.339. The molecule has 0 aliphatic carbocycles. The molecule has 2 N–H and O–H groups in total. The fourth-order valence-corrected chi connectivity index (χ4v) is 1.46. The number of allylic oxidation sites excluding steroid dienone is 1. The van der Waals surface area contributed by atoms with Crippen LogP contribution < -0.4 is 10.6 Å². The van der Waals surface area contributed by atoms with Gasteiger partial charge in [0, 0.05) is 11.2 Å². The number of halogens is 2. The quantitative estimate of drug-likeness (QED) is 0.845. The fraction of sp³-hybridized carbons (Fsp3) is 0.182. The molecule has 2 amide bonds. The van der Waals surface area contributed by atoms with E-state index in [1.807, 2.05) is 13.0 Å². The molecule has 5 heteroatoms. The molecule has 0 radical (unpaired) electrons. The number of urea groups is 1. The summed E-state index contributed by atoms with van der Waals surface area (Å²) < 4.78 is 0. The first-order valence-electron chi connectivity index (χ1n) is 4.81. The summed E-state index contributed by atoms with van der Waals surface area (Å²) in [5, 5.41) is 6.09. The number of hydrogen-bond acceptors (Lipinski definition) is 1. The van der Waals surface area contributed by atoms with Gasteiger partial charge >= 0.3 is 6.03 Å². The van der Waals surface area contributed by atoms with Gasteiger partial charge in [0.2, 0.25) is 0 Å². The first-order chi connectivity index (χ1) is 7.63. The molecule has 0 fully saturated rings. The molecule has 0 bridgehead atoms. The smallest absolute Gasteiger partial charge is 0.315 e. The van der Waals surface area contributed by atoms with Gasteiger partial charge in [0.1, 0.15) is 0 Å². The van der Waals surface area contributed by atoms with Gasteiger partial charge in [0.05, 0.1) is 10.7 Å². The average molecular weight is 259 g/mol.